The number of nitrogens with one attached hydrogen (secondary N) is 2. The van der Waals surface area contributed by atoms with E-state index in [0.717, 1.165) is 5.56 Å². The Kier molecular flexibility index (Phi) is 3.72. The average Bonchev–Trinajstić information content (AvgIpc) is 2.90. The minimum absolute atomic E-state index is 0.234. The maximum absolute atomic E-state index is 11.8. The molecular formula is C11H11ClN4O. The quantitative estimate of drug-likeness (QED) is 0.808. The van der Waals surface area contributed by atoms with Crippen molar-refractivity contribution in [1.82, 2.24) is 20.7 Å². The van der Waals surface area contributed by atoms with E-state index in [2.05, 4.69) is 20.7 Å². The second kappa shape index (κ2) is 5.45. The van der Waals surface area contributed by atoms with Crippen LogP contribution in [0, 0.1) is 0 Å². The monoisotopic (exact) mass is 250 g/mol. The number of rotatable bonds is 4. The highest BCUT2D eigenvalue weighted by Crippen LogP contribution is 2.14. The van der Waals surface area contributed by atoms with E-state index in [1.807, 2.05) is 30.3 Å². The Bertz CT molecular complexity index is 471. The fraction of sp³-hybridized carbons (Fsp3) is 0.182. The zero-order valence-corrected chi connectivity index (χ0v) is 9.69. The molecule has 1 unspecified atom stereocenters. The number of hydrogen-bond acceptors (Lipinski definition) is 3. The summed E-state index contributed by atoms with van der Waals surface area (Å²) in [5, 5.41) is 12.5. The molecule has 0 bridgehead atoms. The van der Waals surface area contributed by atoms with Gasteiger partial charge in [0.25, 0.3) is 5.91 Å². The van der Waals surface area contributed by atoms with Gasteiger partial charge in [0.2, 0.25) is 0 Å². The van der Waals surface area contributed by atoms with E-state index in [4.69, 9.17) is 11.6 Å². The van der Waals surface area contributed by atoms with Crippen molar-refractivity contribution < 1.29 is 4.79 Å². The van der Waals surface area contributed by atoms with Gasteiger partial charge in [0, 0.05) is 5.88 Å². The zero-order chi connectivity index (χ0) is 12.1. The van der Waals surface area contributed by atoms with E-state index in [1.165, 1.54) is 6.20 Å². The Hall–Kier alpha value is -1.88. The first-order chi connectivity index (χ1) is 8.31. The molecule has 0 saturated heterocycles. The number of alkyl halides is 1. The highest BCUT2D eigenvalue weighted by molar-refractivity contribution is 6.18. The Morgan fingerprint density at radius 1 is 1.41 bits per heavy atom. The summed E-state index contributed by atoms with van der Waals surface area (Å²) in [5.41, 5.74) is 1.20. The lowest BCUT2D eigenvalue weighted by Crippen LogP contribution is -2.29. The van der Waals surface area contributed by atoms with Gasteiger partial charge in [0.1, 0.15) is 0 Å². The standard InChI is InChI=1S/C11H11ClN4O/c12-6-9(8-4-2-1-3-5-8)14-11(17)10-7-13-16-15-10/h1-5,7,9H,6H2,(H,14,17)(H,13,15,16). The molecule has 2 N–H and O–H groups in total. The second-order valence-electron chi connectivity index (χ2n) is 3.45. The fourth-order valence-electron chi connectivity index (χ4n) is 1.44. The number of amides is 1. The molecule has 17 heavy (non-hydrogen) atoms. The highest BCUT2D eigenvalue weighted by Gasteiger charge is 2.15. The van der Waals surface area contributed by atoms with E-state index in [0.29, 0.717) is 5.88 Å². The Labute approximate surface area is 103 Å². The van der Waals surface area contributed by atoms with Crippen LogP contribution >= 0.6 is 11.6 Å². The van der Waals surface area contributed by atoms with Crippen LogP contribution in [0.1, 0.15) is 22.1 Å². The number of benzene rings is 1. The molecule has 0 aliphatic rings. The van der Waals surface area contributed by atoms with Crippen LogP contribution in [0.25, 0.3) is 0 Å². The van der Waals surface area contributed by atoms with Crippen molar-refractivity contribution in [3.05, 3.63) is 47.8 Å². The Balaban J connectivity index is 2.09. The van der Waals surface area contributed by atoms with Gasteiger partial charge < -0.3 is 5.32 Å². The van der Waals surface area contributed by atoms with E-state index in [-0.39, 0.29) is 17.6 Å². The smallest absolute Gasteiger partial charge is 0.273 e. The normalized spacial score (nSPS) is 12.1. The molecule has 0 aliphatic heterocycles. The molecule has 1 atom stereocenters. The van der Waals surface area contributed by atoms with Crippen LogP contribution in [0.4, 0.5) is 0 Å². The fourth-order valence-corrected chi connectivity index (χ4v) is 1.69. The van der Waals surface area contributed by atoms with E-state index >= 15 is 0 Å². The van der Waals surface area contributed by atoms with Crippen molar-refractivity contribution in [1.29, 1.82) is 0 Å². The molecule has 2 aromatic rings. The van der Waals surface area contributed by atoms with E-state index in [9.17, 15) is 4.79 Å². The maximum Gasteiger partial charge on any atom is 0.273 e. The first kappa shape index (κ1) is 11.6. The lowest BCUT2D eigenvalue weighted by atomic mass is 10.1. The van der Waals surface area contributed by atoms with E-state index < -0.39 is 0 Å². The summed E-state index contributed by atoms with van der Waals surface area (Å²) in [6.45, 7) is 0. The van der Waals surface area contributed by atoms with Crippen molar-refractivity contribution in [2.45, 2.75) is 6.04 Å². The molecule has 5 nitrogen and oxygen atoms in total. The first-order valence-corrected chi connectivity index (χ1v) is 5.62. The van der Waals surface area contributed by atoms with Crippen LogP contribution < -0.4 is 5.32 Å². The predicted octanol–water partition coefficient (Wildman–Crippen LogP) is 1.51. The Morgan fingerprint density at radius 3 is 2.76 bits per heavy atom. The molecule has 0 spiro atoms. The number of H-pyrrole nitrogens is 1. The number of hydrogen-bond donors (Lipinski definition) is 2. The molecular weight excluding hydrogens is 240 g/mol. The van der Waals surface area contributed by atoms with Gasteiger partial charge >= 0.3 is 0 Å². The summed E-state index contributed by atoms with van der Waals surface area (Å²) in [7, 11) is 0. The van der Waals surface area contributed by atoms with Gasteiger partial charge in [-0.1, -0.05) is 30.3 Å². The van der Waals surface area contributed by atoms with Gasteiger partial charge in [0.15, 0.2) is 5.69 Å². The molecule has 0 radical (unpaired) electrons. The van der Waals surface area contributed by atoms with Gasteiger partial charge in [-0.25, -0.2) is 0 Å². The van der Waals surface area contributed by atoms with E-state index in [1.54, 1.807) is 0 Å². The minimum atomic E-state index is -0.298. The molecule has 88 valence electrons. The molecule has 1 aromatic carbocycles. The molecule has 1 aromatic heterocycles. The van der Waals surface area contributed by atoms with Crippen LogP contribution in [-0.4, -0.2) is 27.2 Å². The third-order valence-electron chi connectivity index (χ3n) is 2.31. The third-order valence-corrected chi connectivity index (χ3v) is 2.62. The Morgan fingerprint density at radius 2 is 2.18 bits per heavy atom. The summed E-state index contributed by atoms with van der Waals surface area (Å²) in [6.07, 6.45) is 1.37. The van der Waals surface area contributed by atoms with Crippen molar-refractivity contribution in [3.63, 3.8) is 0 Å². The summed E-state index contributed by atoms with van der Waals surface area (Å²) >= 11 is 5.85. The van der Waals surface area contributed by atoms with Crippen LogP contribution in [0.2, 0.25) is 0 Å². The van der Waals surface area contributed by atoms with Gasteiger partial charge in [-0.2, -0.15) is 15.4 Å². The third kappa shape index (κ3) is 2.82. The van der Waals surface area contributed by atoms with Gasteiger partial charge in [0.05, 0.1) is 12.2 Å². The molecule has 1 heterocycles. The van der Waals surface area contributed by atoms with Crippen molar-refractivity contribution >= 4 is 17.5 Å². The number of carbonyl (C=O) groups excluding carboxylic acids is 1. The SMILES string of the molecule is O=C(NC(CCl)c1ccccc1)c1cn[nH]n1. The largest absolute Gasteiger partial charge is 0.343 e. The summed E-state index contributed by atoms with van der Waals surface area (Å²) in [5.74, 6) is 0.00130. The number of nitrogens with zero attached hydrogens (tertiary/aromatic N) is 2. The molecule has 0 saturated carbocycles. The molecule has 0 aliphatic carbocycles. The van der Waals surface area contributed by atoms with Crippen LogP contribution in [0.3, 0.4) is 0 Å². The van der Waals surface area contributed by atoms with Crippen LogP contribution in [0.15, 0.2) is 36.5 Å². The molecule has 2 rings (SSSR count). The van der Waals surface area contributed by atoms with Crippen LogP contribution in [0.5, 0.6) is 0 Å². The summed E-state index contributed by atoms with van der Waals surface area (Å²) in [4.78, 5) is 11.8. The molecule has 0 fully saturated rings. The molecule has 1 amide bonds. The lowest BCUT2D eigenvalue weighted by molar-refractivity contribution is 0.0935. The number of halogens is 1. The number of aromatic amines is 1. The topological polar surface area (TPSA) is 70.7 Å². The minimum Gasteiger partial charge on any atom is -0.343 e. The first-order valence-electron chi connectivity index (χ1n) is 5.09. The second-order valence-corrected chi connectivity index (χ2v) is 3.75. The van der Waals surface area contributed by atoms with Crippen LogP contribution in [-0.2, 0) is 0 Å². The van der Waals surface area contributed by atoms with Gasteiger partial charge in [-0.3, -0.25) is 4.79 Å². The zero-order valence-electron chi connectivity index (χ0n) is 8.93. The average molecular weight is 251 g/mol. The van der Waals surface area contributed by atoms with Crippen molar-refractivity contribution in [3.8, 4) is 0 Å². The maximum atomic E-state index is 11.8. The lowest BCUT2D eigenvalue weighted by Gasteiger charge is -2.15. The van der Waals surface area contributed by atoms with Crippen molar-refractivity contribution in [2.75, 3.05) is 5.88 Å². The number of carbonyl (C=O) groups is 1. The molecule has 6 heteroatoms. The van der Waals surface area contributed by atoms with Gasteiger partial charge in [-0.15, -0.1) is 11.6 Å². The van der Waals surface area contributed by atoms with Crippen molar-refractivity contribution in [2.24, 2.45) is 0 Å². The summed E-state index contributed by atoms with van der Waals surface area (Å²) < 4.78 is 0. The van der Waals surface area contributed by atoms with Gasteiger partial charge in [-0.05, 0) is 5.56 Å². The summed E-state index contributed by atoms with van der Waals surface area (Å²) in [6, 6.07) is 9.30. The number of aromatic nitrogens is 3. The highest BCUT2D eigenvalue weighted by atomic mass is 35.5. The predicted molar refractivity (Wildman–Crippen MR) is 63.8 cm³/mol.